The molecular formula is C6H10N4S. The summed E-state index contributed by atoms with van der Waals surface area (Å²) in [5.74, 6) is 0. The Bertz CT molecular complexity index is 234. The molecule has 0 unspecified atom stereocenters. The molecule has 0 aliphatic carbocycles. The van der Waals surface area contributed by atoms with Crippen LogP contribution in [0.5, 0.6) is 0 Å². The van der Waals surface area contributed by atoms with Crippen LogP contribution in [0.25, 0.3) is 0 Å². The average molecular weight is 170 g/mol. The molecule has 11 heavy (non-hydrogen) atoms. The van der Waals surface area contributed by atoms with E-state index in [1.807, 2.05) is 10.7 Å². The molecule has 4 nitrogen and oxygen atoms in total. The molecule has 0 atom stereocenters. The van der Waals surface area contributed by atoms with E-state index < -0.39 is 0 Å². The molecule has 2 heterocycles. The van der Waals surface area contributed by atoms with Gasteiger partial charge in [-0.1, -0.05) is 0 Å². The maximum atomic E-state index is 5.38. The Morgan fingerprint density at radius 1 is 1.73 bits per heavy atom. The van der Waals surface area contributed by atoms with Crippen molar-refractivity contribution in [3.8, 4) is 0 Å². The van der Waals surface area contributed by atoms with Gasteiger partial charge in [0.2, 0.25) is 0 Å². The molecular weight excluding hydrogens is 160 g/mol. The van der Waals surface area contributed by atoms with Crippen molar-refractivity contribution in [1.82, 2.24) is 15.1 Å². The third kappa shape index (κ3) is 1.26. The fourth-order valence-electron chi connectivity index (χ4n) is 1.22. The lowest BCUT2D eigenvalue weighted by Crippen LogP contribution is -2.28. The van der Waals surface area contributed by atoms with Gasteiger partial charge in [-0.05, 0) is 18.0 Å². The molecule has 0 spiro atoms. The highest BCUT2D eigenvalue weighted by Crippen LogP contribution is 2.13. The van der Waals surface area contributed by atoms with Gasteiger partial charge in [-0.15, -0.1) is 0 Å². The number of aromatic nitrogens is 2. The molecule has 0 amide bonds. The summed E-state index contributed by atoms with van der Waals surface area (Å²) >= 11 is 1.20. The first-order valence-corrected chi connectivity index (χ1v) is 4.42. The molecule has 3 N–H and O–H groups in total. The number of nitrogens with one attached hydrogen (secondary N) is 1. The van der Waals surface area contributed by atoms with Crippen molar-refractivity contribution in [1.29, 1.82) is 0 Å². The molecule has 1 aromatic heterocycles. The van der Waals surface area contributed by atoms with Gasteiger partial charge in [-0.25, -0.2) is 0 Å². The Labute approximate surface area is 69.3 Å². The minimum Gasteiger partial charge on any atom is -0.309 e. The van der Waals surface area contributed by atoms with E-state index in [4.69, 9.17) is 5.14 Å². The Morgan fingerprint density at radius 3 is 3.36 bits per heavy atom. The highest BCUT2D eigenvalue weighted by atomic mass is 32.2. The van der Waals surface area contributed by atoms with Crippen molar-refractivity contribution in [2.75, 3.05) is 6.54 Å². The van der Waals surface area contributed by atoms with Gasteiger partial charge >= 0.3 is 0 Å². The van der Waals surface area contributed by atoms with Crippen LogP contribution in [0.15, 0.2) is 11.1 Å². The van der Waals surface area contributed by atoms with Gasteiger partial charge in [-0.3, -0.25) is 9.82 Å². The quantitative estimate of drug-likeness (QED) is 0.580. The lowest BCUT2D eigenvalue weighted by Gasteiger charge is -2.13. The summed E-state index contributed by atoms with van der Waals surface area (Å²) in [7, 11) is 0. The van der Waals surface area contributed by atoms with E-state index in [9.17, 15) is 0 Å². The monoisotopic (exact) mass is 170 g/mol. The van der Waals surface area contributed by atoms with Crippen LogP contribution in [-0.4, -0.2) is 16.3 Å². The summed E-state index contributed by atoms with van der Waals surface area (Å²) in [6.45, 7) is 2.87. The van der Waals surface area contributed by atoms with Crippen molar-refractivity contribution in [3.05, 3.63) is 11.8 Å². The maximum Gasteiger partial charge on any atom is 0.133 e. The van der Waals surface area contributed by atoms with Gasteiger partial charge in [0.15, 0.2) is 0 Å². The minimum absolute atomic E-state index is 0.906. The number of nitrogens with two attached hydrogens (primary N) is 1. The van der Waals surface area contributed by atoms with Gasteiger partial charge in [0, 0.05) is 13.1 Å². The molecule has 2 rings (SSSR count). The van der Waals surface area contributed by atoms with Crippen LogP contribution >= 0.6 is 11.9 Å². The number of hydrogen-bond donors (Lipinski definition) is 2. The second-order valence-electron chi connectivity index (χ2n) is 2.49. The standard InChI is InChI=1S/C6H10N4S/c7-11-6-3-5-4-8-1-2-10(5)9-6/h3,8H,1-2,4,7H2. The van der Waals surface area contributed by atoms with E-state index >= 15 is 0 Å². The lowest BCUT2D eigenvalue weighted by atomic mass is 10.3. The molecule has 0 bridgehead atoms. The summed E-state index contributed by atoms with van der Waals surface area (Å²) in [5.41, 5.74) is 1.23. The third-order valence-electron chi connectivity index (χ3n) is 1.77. The van der Waals surface area contributed by atoms with Crippen LogP contribution in [0.4, 0.5) is 0 Å². The second-order valence-corrected chi connectivity index (χ2v) is 3.15. The minimum atomic E-state index is 0.906. The van der Waals surface area contributed by atoms with Crippen molar-refractivity contribution in [2.45, 2.75) is 18.1 Å². The first kappa shape index (κ1) is 7.15. The van der Waals surface area contributed by atoms with E-state index in [2.05, 4.69) is 10.4 Å². The molecule has 0 aromatic carbocycles. The second kappa shape index (κ2) is 2.84. The first-order chi connectivity index (χ1) is 5.40. The summed E-state index contributed by atoms with van der Waals surface area (Å²) in [6.07, 6.45) is 0. The zero-order valence-electron chi connectivity index (χ0n) is 6.08. The van der Waals surface area contributed by atoms with Crippen LogP contribution in [0.3, 0.4) is 0 Å². The van der Waals surface area contributed by atoms with Crippen molar-refractivity contribution in [3.63, 3.8) is 0 Å². The SMILES string of the molecule is NSc1cc2n(n1)CCNC2. The van der Waals surface area contributed by atoms with E-state index in [0.29, 0.717) is 0 Å². The van der Waals surface area contributed by atoms with Crippen LogP contribution in [0.1, 0.15) is 5.69 Å². The molecule has 0 radical (unpaired) electrons. The number of fused-ring (bicyclic) bond motifs is 1. The topological polar surface area (TPSA) is 55.9 Å². The Hall–Kier alpha value is -0.520. The molecule has 0 saturated carbocycles. The van der Waals surface area contributed by atoms with E-state index in [1.165, 1.54) is 17.6 Å². The molecule has 5 heteroatoms. The van der Waals surface area contributed by atoms with Gasteiger partial charge in [-0.2, -0.15) is 5.10 Å². The Balaban J connectivity index is 2.32. The zero-order valence-corrected chi connectivity index (χ0v) is 6.90. The number of rotatable bonds is 1. The van der Waals surface area contributed by atoms with Crippen LogP contribution in [0, 0.1) is 0 Å². The smallest absolute Gasteiger partial charge is 0.133 e. The highest BCUT2D eigenvalue weighted by Gasteiger charge is 2.10. The van der Waals surface area contributed by atoms with Crippen LogP contribution in [0.2, 0.25) is 0 Å². The largest absolute Gasteiger partial charge is 0.309 e. The number of nitrogens with zero attached hydrogens (tertiary/aromatic N) is 2. The van der Waals surface area contributed by atoms with Gasteiger partial charge < -0.3 is 5.32 Å². The molecule has 60 valence electrons. The Kier molecular flexibility index (Phi) is 1.85. The normalized spacial score (nSPS) is 16.5. The van der Waals surface area contributed by atoms with Crippen molar-refractivity contribution in [2.24, 2.45) is 5.14 Å². The van der Waals surface area contributed by atoms with Gasteiger partial charge in [0.25, 0.3) is 0 Å². The van der Waals surface area contributed by atoms with Crippen LogP contribution < -0.4 is 10.5 Å². The summed E-state index contributed by atoms with van der Waals surface area (Å²) in [6, 6.07) is 2.02. The maximum absolute atomic E-state index is 5.38. The van der Waals surface area contributed by atoms with Crippen molar-refractivity contribution < 1.29 is 0 Å². The van der Waals surface area contributed by atoms with E-state index in [1.54, 1.807) is 0 Å². The highest BCUT2D eigenvalue weighted by molar-refractivity contribution is 7.97. The van der Waals surface area contributed by atoms with Crippen molar-refractivity contribution >= 4 is 11.9 Å². The summed E-state index contributed by atoms with van der Waals surface area (Å²) in [5, 5.41) is 13.8. The van der Waals surface area contributed by atoms with E-state index in [0.717, 1.165) is 24.7 Å². The number of hydrogen-bond acceptors (Lipinski definition) is 4. The molecule has 1 aliphatic rings. The Morgan fingerprint density at radius 2 is 2.64 bits per heavy atom. The summed E-state index contributed by atoms with van der Waals surface area (Å²) < 4.78 is 2.01. The predicted octanol–water partition coefficient (Wildman–Crippen LogP) is -0.0479. The molecule has 1 aromatic rings. The van der Waals surface area contributed by atoms with Gasteiger partial charge in [0.1, 0.15) is 5.03 Å². The lowest BCUT2D eigenvalue weighted by molar-refractivity contribution is 0.471. The van der Waals surface area contributed by atoms with Gasteiger partial charge in [0.05, 0.1) is 12.2 Å². The summed E-state index contributed by atoms with van der Waals surface area (Å²) in [4.78, 5) is 0. The first-order valence-electron chi connectivity index (χ1n) is 3.54. The molecule has 1 aliphatic heterocycles. The van der Waals surface area contributed by atoms with Crippen LogP contribution in [-0.2, 0) is 13.1 Å². The fraction of sp³-hybridized carbons (Fsp3) is 0.500. The average Bonchev–Trinajstić information content (AvgIpc) is 2.46. The predicted molar refractivity (Wildman–Crippen MR) is 44.0 cm³/mol. The third-order valence-corrected chi connectivity index (χ3v) is 2.21. The zero-order chi connectivity index (χ0) is 7.68. The molecule has 0 saturated heterocycles. The fourth-order valence-corrected chi connectivity index (χ4v) is 1.57. The van der Waals surface area contributed by atoms with E-state index in [-0.39, 0.29) is 0 Å². The molecule has 0 fully saturated rings.